The number of hydrogen-bond acceptors (Lipinski definition) is 4. The summed E-state index contributed by atoms with van der Waals surface area (Å²) in [7, 11) is 0. The Morgan fingerprint density at radius 2 is 1.97 bits per heavy atom. The van der Waals surface area contributed by atoms with E-state index in [0.717, 1.165) is 46.9 Å². The summed E-state index contributed by atoms with van der Waals surface area (Å²) in [5.74, 6) is 0.527. The van der Waals surface area contributed by atoms with Crippen LogP contribution in [0.2, 0.25) is 0 Å². The van der Waals surface area contributed by atoms with Crippen LogP contribution in [0.3, 0.4) is 0 Å². The fourth-order valence-electron chi connectivity index (χ4n) is 3.71. The molecular weight excluding hydrogens is 366 g/mol. The number of amides is 1. The highest BCUT2D eigenvalue weighted by atomic mass is 16.5. The predicted octanol–water partition coefficient (Wildman–Crippen LogP) is 3.67. The highest BCUT2D eigenvalue weighted by molar-refractivity contribution is 6.00. The summed E-state index contributed by atoms with van der Waals surface area (Å²) in [5, 5.41) is 14.3. The Labute approximate surface area is 170 Å². The van der Waals surface area contributed by atoms with Gasteiger partial charge >= 0.3 is 0 Å². The minimum atomic E-state index is -0.149. The van der Waals surface area contributed by atoms with E-state index < -0.39 is 0 Å². The van der Waals surface area contributed by atoms with E-state index in [1.807, 2.05) is 60.7 Å². The van der Waals surface area contributed by atoms with Gasteiger partial charge in [-0.05, 0) is 47.1 Å². The van der Waals surface area contributed by atoms with E-state index in [1.165, 1.54) is 0 Å². The number of carbonyl (C=O) groups excluding carboxylic acids is 1. The van der Waals surface area contributed by atoms with Crippen molar-refractivity contribution < 1.29 is 19.4 Å². The van der Waals surface area contributed by atoms with Crippen LogP contribution in [-0.4, -0.2) is 36.9 Å². The molecule has 1 heterocycles. The van der Waals surface area contributed by atoms with E-state index in [9.17, 15) is 9.90 Å². The van der Waals surface area contributed by atoms with Crippen LogP contribution in [0.15, 0.2) is 60.7 Å². The Hall–Kier alpha value is -2.89. The molecule has 1 aliphatic heterocycles. The van der Waals surface area contributed by atoms with Gasteiger partial charge in [0.2, 0.25) is 0 Å². The average Bonchev–Trinajstić information content (AvgIpc) is 3.29. The van der Waals surface area contributed by atoms with E-state index in [1.54, 1.807) is 0 Å². The van der Waals surface area contributed by atoms with Gasteiger partial charge in [0.05, 0.1) is 12.7 Å². The van der Waals surface area contributed by atoms with Crippen LogP contribution in [0.1, 0.15) is 18.4 Å². The molecular formula is C24H25NO4. The molecule has 0 bridgehead atoms. The van der Waals surface area contributed by atoms with Crippen molar-refractivity contribution in [3.8, 4) is 16.9 Å². The van der Waals surface area contributed by atoms with Crippen LogP contribution in [0.4, 0.5) is 0 Å². The maximum absolute atomic E-state index is 12.2. The highest BCUT2D eigenvalue weighted by Gasteiger charge is 2.16. The molecule has 1 unspecified atom stereocenters. The molecule has 0 saturated carbocycles. The molecule has 0 aromatic heterocycles. The van der Waals surface area contributed by atoms with Crippen molar-refractivity contribution in [1.29, 1.82) is 0 Å². The Morgan fingerprint density at radius 1 is 1.10 bits per heavy atom. The van der Waals surface area contributed by atoms with Crippen LogP contribution in [0.5, 0.6) is 5.75 Å². The van der Waals surface area contributed by atoms with Crippen LogP contribution in [0.25, 0.3) is 21.9 Å². The zero-order chi connectivity index (χ0) is 20.1. The maximum atomic E-state index is 12.2. The monoisotopic (exact) mass is 391 g/mol. The smallest absolute Gasteiger partial charge is 0.258 e. The maximum Gasteiger partial charge on any atom is 0.258 e. The van der Waals surface area contributed by atoms with Gasteiger partial charge in [0, 0.05) is 18.5 Å². The van der Waals surface area contributed by atoms with E-state index in [4.69, 9.17) is 9.47 Å². The zero-order valence-electron chi connectivity index (χ0n) is 16.3. The van der Waals surface area contributed by atoms with E-state index in [0.29, 0.717) is 12.3 Å². The minimum absolute atomic E-state index is 0.00791. The molecule has 0 spiro atoms. The van der Waals surface area contributed by atoms with E-state index >= 15 is 0 Å². The lowest BCUT2D eigenvalue weighted by atomic mass is 9.96. The molecule has 5 heteroatoms. The third kappa shape index (κ3) is 4.58. The average molecular weight is 391 g/mol. The zero-order valence-corrected chi connectivity index (χ0v) is 16.3. The lowest BCUT2D eigenvalue weighted by molar-refractivity contribution is -0.123. The topological polar surface area (TPSA) is 67.8 Å². The molecule has 1 atom stereocenters. The van der Waals surface area contributed by atoms with Crippen molar-refractivity contribution >= 4 is 16.7 Å². The summed E-state index contributed by atoms with van der Waals surface area (Å²) in [4.78, 5) is 12.2. The first-order chi connectivity index (χ1) is 14.2. The number of aliphatic hydroxyl groups is 1. The summed E-state index contributed by atoms with van der Waals surface area (Å²) < 4.78 is 11.4. The first-order valence-corrected chi connectivity index (χ1v) is 9.97. The van der Waals surface area contributed by atoms with Crippen LogP contribution >= 0.6 is 0 Å². The van der Waals surface area contributed by atoms with Crippen molar-refractivity contribution in [2.45, 2.75) is 25.6 Å². The first-order valence-electron chi connectivity index (χ1n) is 9.97. The molecule has 1 aliphatic rings. The second-order valence-corrected chi connectivity index (χ2v) is 7.24. The third-order valence-electron chi connectivity index (χ3n) is 5.21. The van der Waals surface area contributed by atoms with Crippen LogP contribution < -0.4 is 10.1 Å². The fraction of sp³-hybridized carbons (Fsp3) is 0.292. The molecule has 1 fully saturated rings. The van der Waals surface area contributed by atoms with Gasteiger partial charge in [-0.2, -0.15) is 0 Å². The molecule has 1 amide bonds. The van der Waals surface area contributed by atoms with E-state index in [2.05, 4.69) is 5.32 Å². The van der Waals surface area contributed by atoms with Crippen LogP contribution in [-0.2, 0) is 16.1 Å². The highest BCUT2D eigenvalue weighted by Crippen LogP contribution is 2.34. The normalized spacial score (nSPS) is 16.1. The molecule has 0 radical (unpaired) electrons. The fourth-order valence-corrected chi connectivity index (χ4v) is 3.71. The van der Waals surface area contributed by atoms with Crippen LogP contribution in [0, 0.1) is 0 Å². The molecule has 3 aromatic rings. The molecule has 1 saturated heterocycles. The number of aliphatic hydroxyl groups excluding tert-OH is 1. The second kappa shape index (κ2) is 9.07. The summed E-state index contributed by atoms with van der Waals surface area (Å²) in [6.45, 7) is 1.28. The summed E-state index contributed by atoms with van der Waals surface area (Å²) in [6, 6.07) is 19.7. The standard InChI is InChI=1S/C24H25NO4/c26-15-17-5-3-6-18(13-17)20-10-11-23(22-9-2-1-8-21(20)22)29-16-24(27)25-14-19-7-4-12-28-19/h1-3,5-6,8-11,13,19,26H,4,7,12,14-16H2,(H,25,27). The molecule has 3 aromatic carbocycles. The van der Waals surface area contributed by atoms with Gasteiger partial charge in [-0.1, -0.05) is 48.5 Å². The van der Waals surface area contributed by atoms with Gasteiger partial charge in [-0.3, -0.25) is 4.79 Å². The molecule has 2 N–H and O–H groups in total. The Morgan fingerprint density at radius 3 is 2.76 bits per heavy atom. The lowest BCUT2D eigenvalue weighted by Gasteiger charge is -2.14. The Kier molecular flexibility index (Phi) is 6.08. The molecule has 150 valence electrons. The number of nitrogens with one attached hydrogen (secondary N) is 1. The number of benzene rings is 3. The van der Waals surface area contributed by atoms with Gasteiger partial charge in [0.1, 0.15) is 5.75 Å². The first kappa shape index (κ1) is 19.4. The van der Waals surface area contributed by atoms with Gasteiger partial charge < -0.3 is 19.9 Å². The Bertz CT molecular complexity index is 995. The number of carbonyl (C=O) groups is 1. The molecule has 5 nitrogen and oxygen atoms in total. The largest absolute Gasteiger partial charge is 0.483 e. The van der Waals surface area contributed by atoms with Gasteiger partial charge in [-0.15, -0.1) is 0 Å². The minimum Gasteiger partial charge on any atom is -0.483 e. The summed E-state index contributed by atoms with van der Waals surface area (Å²) in [6.07, 6.45) is 2.16. The molecule has 29 heavy (non-hydrogen) atoms. The summed E-state index contributed by atoms with van der Waals surface area (Å²) >= 11 is 0. The van der Waals surface area contributed by atoms with E-state index in [-0.39, 0.29) is 25.2 Å². The van der Waals surface area contributed by atoms with Gasteiger partial charge in [0.25, 0.3) is 5.91 Å². The quantitative estimate of drug-likeness (QED) is 0.645. The van der Waals surface area contributed by atoms with Crippen molar-refractivity contribution in [1.82, 2.24) is 5.32 Å². The molecule has 4 rings (SSSR count). The predicted molar refractivity (Wildman–Crippen MR) is 113 cm³/mol. The SMILES string of the molecule is O=C(COc1ccc(-c2cccc(CO)c2)c2ccccc12)NCC1CCCO1. The van der Waals surface area contributed by atoms with Crippen molar-refractivity contribution in [3.63, 3.8) is 0 Å². The second-order valence-electron chi connectivity index (χ2n) is 7.24. The van der Waals surface area contributed by atoms with Gasteiger partial charge in [0.15, 0.2) is 6.61 Å². The summed E-state index contributed by atoms with van der Waals surface area (Å²) in [5.41, 5.74) is 2.97. The number of fused-ring (bicyclic) bond motifs is 1. The van der Waals surface area contributed by atoms with Crippen molar-refractivity contribution in [3.05, 3.63) is 66.2 Å². The lowest BCUT2D eigenvalue weighted by Crippen LogP contribution is -2.35. The number of rotatable bonds is 7. The number of hydrogen-bond donors (Lipinski definition) is 2. The van der Waals surface area contributed by atoms with Gasteiger partial charge in [-0.25, -0.2) is 0 Å². The van der Waals surface area contributed by atoms with Crippen molar-refractivity contribution in [2.75, 3.05) is 19.8 Å². The number of ether oxygens (including phenoxy) is 2. The molecule has 0 aliphatic carbocycles. The Balaban J connectivity index is 1.51. The third-order valence-corrected chi connectivity index (χ3v) is 5.21. The van der Waals surface area contributed by atoms with Crippen molar-refractivity contribution in [2.24, 2.45) is 0 Å².